The molecule has 2 rings (SSSR count). The van der Waals surface area contributed by atoms with Gasteiger partial charge in [-0.1, -0.05) is 51.0 Å². The standard InChI is InChI=1S/C16H21N/c1-3-7-13(8-4-2)15-11-5-9-14-10-6-12-17-16(14)15/h5-6,9-13H,3-4,7-8H2,1-2H3. The molecule has 1 aromatic heterocycles. The van der Waals surface area contributed by atoms with Crippen LogP contribution in [0.25, 0.3) is 10.9 Å². The topological polar surface area (TPSA) is 12.9 Å². The zero-order valence-corrected chi connectivity index (χ0v) is 10.8. The lowest BCUT2D eigenvalue weighted by Gasteiger charge is -2.17. The molecule has 0 spiro atoms. The third-order valence-electron chi connectivity index (χ3n) is 3.38. The first kappa shape index (κ1) is 12.1. The fourth-order valence-electron chi connectivity index (χ4n) is 2.61. The molecule has 1 aromatic carbocycles. The molecule has 0 N–H and O–H groups in total. The SMILES string of the molecule is CCCC(CCC)c1cccc2cccnc12. The van der Waals surface area contributed by atoms with Crippen molar-refractivity contribution in [2.75, 3.05) is 0 Å². The molecular weight excluding hydrogens is 206 g/mol. The number of aromatic nitrogens is 1. The molecule has 0 atom stereocenters. The van der Waals surface area contributed by atoms with Crippen molar-refractivity contribution in [3.05, 3.63) is 42.1 Å². The monoisotopic (exact) mass is 227 g/mol. The summed E-state index contributed by atoms with van der Waals surface area (Å²) in [4.78, 5) is 4.57. The molecule has 1 heterocycles. The molecule has 0 aliphatic heterocycles. The fourth-order valence-corrected chi connectivity index (χ4v) is 2.61. The lowest BCUT2D eigenvalue weighted by atomic mass is 9.89. The Bertz CT molecular complexity index is 464. The summed E-state index contributed by atoms with van der Waals surface area (Å²) >= 11 is 0. The van der Waals surface area contributed by atoms with Crippen LogP contribution in [-0.2, 0) is 0 Å². The van der Waals surface area contributed by atoms with Crippen molar-refractivity contribution >= 4 is 10.9 Å². The van der Waals surface area contributed by atoms with Crippen molar-refractivity contribution in [3.63, 3.8) is 0 Å². The van der Waals surface area contributed by atoms with Gasteiger partial charge in [0.15, 0.2) is 0 Å². The van der Waals surface area contributed by atoms with E-state index in [2.05, 4.69) is 43.1 Å². The second-order valence-corrected chi connectivity index (χ2v) is 4.70. The summed E-state index contributed by atoms with van der Waals surface area (Å²) in [5.74, 6) is 0.670. The van der Waals surface area contributed by atoms with E-state index in [1.165, 1.54) is 42.1 Å². The second kappa shape index (κ2) is 5.81. The van der Waals surface area contributed by atoms with E-state index in [9.17, 15) is 0 Å². The lowest BCUT2D eigenvalue weighted by molar-refractivity contribution is 0.563. The number of hydrogen-bond acceptors (Lipinski definition) is 1. The van der Waals surface area contributed by atoms with Gasteiger partial charge >= 0.3 is 0 Å². The molecule has 1 heteroatoms. The first-order valence-electron chi connectivity index (χ1n) is 6.70. The van der Waals surface area contributed by atoms with Gasteiger partial charge in [0, 0.05) is 11.6 Å². The highest BCUT2D eigenvalue weighted by Crippen LogP contribution is 2.30. The van der Waals surface area contributed by atoms with Gasteiger partial charge in [-0.05, 0) is 30.4 Å². The zero-order chi connectivity index (χ0) is 12.1. The third kappa shape index (κ3) is 2.66. The Morgan fingerprint density at radius 3 is 2.41 bits per heavy atom. The summed E-state index contributed by atoms with van der Waals surface area (Å²) in [6.45, 7) is 4.53. The molecule has 0 amide bonds. The molecular formula is C16H21N. The van der Waals surface area contributed by atoms with Gasteiger partial charge in [-0.15, -0.1) is 0 Å². The summed E-state index contributed by atoms with van der Waals surface area (Å²) in [6.07, 6.45) is 6.93. The Morgan fingerprint density at radius 2 is 1.71 bits per heavy atom. The minimum Gasteiger partial charge on any atom is -0.256 e. The second-order valence-electron chi connectivity index (χ2n) is 4.70. The van der Waals surface area contributed by atoms with Gasteiger partial charge in [-0.2, -0.15) is 0 Å². The van der Waals surface area contributed by atoms with Crippen LogP contribution in [0.5, 0.6) is 0 Å². The molecule has 0 aliphatic carbocycles. The Labute approximate surface area is 104 Å². The number of hydrogen-bond donors (Lipinski definition) is 0. The summed E-state index contributed by atoms with van der Waals surface area (Å²) in [7, 11) is 0. The predicted molar refractivity (Wildman–Crippen MR) is 74.3 cm³/mol. The molecule has 0 aliphatic rings. The van der Waals surface area contributed by atoms with Crippen LogP contribution in [0, 0.1) is 0 Å². The van der Waals surface area contributed by atoms with E-state index < -0.39 is 0 Å². The van der Waals surface area contributed by atoms with Crippen LogP contribution in [0.2, 0.25) is 0 Å². The maximum absolute atomic E-state index is 4.57. The van der Waals surface area contributed by atoms with E-state index in [0.717, 1.165) is 0 Å². The first-order valence-corrected chi connectivity index (χ1v) is 6.70. The van der Waals surface area contributed by atoms with Gasteiger partial charge in [0.05, 0.1) is 5.52 Å². The molecule has 90 valence electrons. The number of fused-ring (bicyclic) bond motifs is 1. The molecule has 0 saturated heterocycles. The van der Waals surface area contributed by atoms with Crippen LogP contribution in [-0.4, -0.2) is 4.98 Å². The van der Waals surface area contributed by atoms with Crippen molar-refractivity contribution in [2.45, 2.75) is 45.4 Å². The average Bonchev–Trinajstić information content (AvgIpc) is 2.38. The van der Waals surface area contributed by atoms with Crippen molar-refractivity contribution in [2.24, 2.45) is 0 Å². The highest BCUT2D eigenvalue weighted by molar-refractivity contribution is 5.82. The maximum atomic E-state index is 4.57. The summed E-state index contributed by atoms with van der Waals surface area (Å²) < 4.78 is 0. The highest BCUT2D eigenvalue weighted by Gasteiger charge is 2.13. The Morgan fingerprint density at radius 1 is 1.00 bits per heavy atom. The number of pyridine rings is 1. The number of benzene rings is 1. The molecule has 0 fully saturated rings. The van der Waals surface area contributed by atoms with Crippen molar-refractivity contribution in [1.29, 1.82) is 0 Å². The summed E-state index contributed by atoms with van der Waals surface area (Å²) in [5, 5.41) is 1.27. The van der Waals surface area contributed by atoms with E-state index in [1.54, 1.807) is 0 Å². The smallest absolute Gasteiger partial charge is 0.0736 e. The largest absolute Gasteiger partial charge is 0.256 e. The lowest BCUT2D eigenvalue weighted by Crippen LogP contribution is -2.00. The summed E-state index contributed by atoms with van der Waals surface area (Å²) in [5.41, 5.74) is 2.63. The van der Waals surface area contributed by atoms with Gasteiger partial charge in [-0.25, -0.2) is 0 Å². The van der Waals surface area contributed by atoms with Crippen LogP contribution in [0.3, 0.4) is 0 Å². The van der Waals surface area contributed by atoms with Gasteiger partial charge in [0.25, 0.3) is 0 Å². The van der Waals surface area contributed by atoms with Crippen LogP contribution in [0.1, 0.15) is 51.0 Å². The molecule has 0 radical (unpaired) electrons. The van der Waals surface area contributed by atoms with Gasteiger partial charge < -0.3 is 0 Å². The van der Waals surface area contributed by atoms with Crippen molar-refractivity contribution < 1.29 is 0 Å². The Hall–Kier alpha value is -1.37. The van der Waals surface area contributed by atoms with Crippen LogP contribution in [0.15, 0.2) is 36.5 Å². The maximum Gasteiger partial charge on any atom is 0.0736 e. The molecule has 2 aromatic rings. The van der Waals surface area contributed by atoms with Crippen LogP contribution >= 0.6 is 0 Å². The molecule has 0 unspecified atom stereocenters. The fraction of sp³-hybridized carbons (Fsp3) is 0.438. The van der Waals surface area contributed by atoms with Crippen LogP contribution in [0.4, 0.5) is 0 Å². The zero-order valence-electron chi connectivity index (χ0n) is 10.8. The van der Waals surface area contributed by atoms with Gasteiger partial charge in [0.2, 0.25) is 0 Å². The van der Waals surface area contributed by atoms with E-state index in [4.69, 9.17) is 0 Å². The van der Waals surface area contributed by atoms with Crippen molar-refractivity contribution in [1.82, 2.24) is 4.98 Å². The summed E-state index contributed by atoms with van der Waals surface area (Å²) in [6, 6.07) is 10.7. The van der Waals surface area contributed by atoms with E-state index >= 15 is 0 Å². The first-order chi connectivity index (χ1) is 8.36. The minimum atomic E-state index is 0.670. The average molecular weight is 227 g/mol. The van der Waals surface area contributed by atoms with Crippen LogP contribution < -0.4 is 0 Å². The quantitative estimate of drug-likeness (QED) is 0.706. The minimum absolute atomic E-state index is 0.670. The highest BCUT2D eigenvalue weighted by atomic mass is 14.7. The molecule has 0 bridgehead atoms. The number of para-hydroxylation sites is 1. The molecule has 1 nitrogen and oxygen atoms in total. The normalized spacial score (nSPS) is 11.2. The molecule has 17 heavy (non-hydrogen) atoms. The van der Waals surface area contributed by atoms with E-state index in [-0.39, 0.29) is 0 Å². The Balaban J connectivity index is 2.44. The van der Waals surface area contributed by atoms with E-state index in [1.807, 2.05) is 12.3 Å². The predicted octanol–water partition coefficient (Wildman–Crippen LogP) is 4.92. The Kier molecular flexibility index (Phi) is 4.13. The number of rotatable bonds is 5. The van der Waals surface area contributed by atoms with E-state index in [0.29, 0.717) is 5.92 Å². The van der Waals surface area contributed by atoms with Crippen molar-refractivity contribution in [3.8, 4) is 0 Å². The molecule has 0 saturated carbocycles. The van der Waals surface area contributed by atoms with Gasteiger partial charge in [0.1, 0.15) is 0 Å². The number of nitrogens with zero attached hydrogens (tertiary/aromatic N) is 1. The van der Waals surface area contributed by atoms with Gasteiger partial charge in [-0.3, -0.25) is 4.98 Å². The third-order valence-corrected chi connectivity index (χ3v) is 3.38.